The summed E-state index contributed by atoms with van der Waals surface area (Å²) < 4.78 is 49.8. The molecule has 0 aliphatic heterocycles. The Morgan fingerprint density at radius 2 is 1.59 bits per heavy atom. The van der Waals surface area contributed by atoms with E-state index in [1.807, 2.05) is 0 Å². The molecule has 0 spiro atoms. The molecule has 2 atom stereocenters. The first-order valence-corrected chi connectivity index (χ1v) is 8.76. The molecule has 0 radical (unpaired) electrons. The lowest BCUT2D eigenvalue weighted by atomic mass is 10.1. The molecule has 0 rings (SSSR count). The van der Waals surface area contributed by atoms with Crippen molar-refractivity contribution in [3.8, 4) is 0 Å². The second kappa shape index (κ2) is 5.81. The van der Waals surface area contributed by atoms with E-state index in [0.29, 0.717) is 0 Å². The predicted octanol–water partition coefficient (Wildman–Crippen LogP) is -0.357. The molecule has 17 heavy (non-hydrogen) atoms. The lowest BCUT2D eigenvalue weighted by Crippen LogP contribution is -2.34. The third-order valence-electron chi connectivity index (χ3n) is 2.58. The van der Waals surface area contributed by atoms with Gasteiger partial charge >= 0.3 is 5.97 Å². The molecule has 0 saturated carbocycles. The van der Waals surface area contributed by atoms with Crippen LogP contribution in [0.25, 0.3) is 0 Å². The Hall–Kier alpha value is -0.630. The summed E-state index contributed by atoms with van der Waals surface area (Å²) in [5, 5.41) is -0.961. The molecule has 0 aliphatic carbocycles. The smallest absolute Gasteiger partial charge is 0.309 e. The maximum absolute atomic E-state index is 11.8. The van der Waals surface area contributed by atoms with Gasteiger partial charge in [0.15, 0.2) is 9.84 Å². The molecular formula is C9H18O6S2. The Bertz CT molecular complexity index is 462. The van der Waals surface area contributed by atoms with Gasteiger partial charge in [0, 0.05) is 6.26 Å². The molecular weight excluding hydrogens is 268 g/mol. The summed E-state index contributed by atoms with van der Waals surface area (Å²) >= 11 is 0. The van der Waals surface area contributed by atoms with Gasteiger partial charge in [0.1, 0.15) is 9.84 Å². The molecule has 0 aromatic carbocycles. The molecule has 0 aromatic rings. The van der Waals surface area contributed by atoms with Gasteiger partial charge in [-0.25, -0.2) is 16.8 Å². The normalized spacial score (nSPS) is 16.2. The zero-order valence-electron chi connectivity index (χ0n) is 10.3. The number of esters is 1. The van der Waals surface area contributed by atoms with Crippen LogP contribution in [0.3, 0.4) is 0 Å². The highest BCUT2D eigenvalue weighted by atomic mass is 32.2. The first-order valence-electron chi connectivity index (χ1n) is 4.98. The maximum atomic E-state index is 11.8. The highest BCUT2D eigenvalue weighted by Crippen LogP contribution is 2.15. The lowest BCUT2D eigenvalue weighted by Gasteiger charge is -2.17. The van der Waals surface area contributed by atoms with Crippen LogP contribution in [0.5, 0.6) is 0 Å². The van der Waals surface area contributed by atoms with Crippen LogP contribution in [0.15, 0.2) is 0 Å². The number of rotatable bonds is 6. The van der Waals surface area contributed by atoms with Gasteiger partial charge in [0.2, 0.25) is 0 Å². The summed E-state index contributed by atoms with van der Waals surface area (Å²) in [4.78, 5) is 11.2. The third kappa shape index (κ3) is 5.49. The van der Waals surface area contributed by atoms with Gasteiger partial charge in [0.05, 0.1) is 29.8 Å². The van der Waals surface area contributed by atoms with Crippen LogP contribution < -0.4 is 0 Å². The Labute approximate surface area is 102 Å². The Kier molecular flexibility index (Phi) is 5.60. The summed E-state index contributed by atoms with van der Waals surface area (Å²) in [6, 6.07) is 0. The molecule has 0 amide bonds. The average molecular weight is 286 g/mol. The van der Waals surface area contributed by atoms with Crippen LogP contribution in [0.4, 0.5) is 0 Å². The number of hydrogen-bond acceptors (Lipinski definition) is 6. The number of carbonyl (C=O) groups excluding carboxylic acids is 1. The van der Waals surface area contributed by atoms with Crippen molar-refractivity contribution in [2.75, 3.05) is 24.9 Å². The average Bonchev–Trinajstić information content (AvgIpc) is 2.22. The number of sulfone groups is 2. The fourth-order valence-corrected chi connectivity index (χ4v) is 4.39. The van der Waals surface area contributed by atoms with E-state index in [1.165, 1.54) is 21.0 Å². The van der Waals surface area contributed by atoms with E-state index in [0.717, 1.165) is 6.26 Å². The summed E-state index contributed by atoms with van der Waals surface area (Å²) in [5.74, 6) is -2.35. The second-order valence-electron chi connectivity index (χ2n) is 4.01. The van der Waals surface area contributed by atoms with Crippen molar-refractivity contribution in [2.24, 2.45) is 5.92 Å². The molecule has 0 N–H and O–H groups in total. The van der Waals surface area contributed by atoms with E-state index in [1.54, 1.807) is 0 Å². The van der Waals surface area contributed by atoms with Crippen molar-refractivity contribution in [3.05, 3.63) is 0 Å². The number of methoxy groups -OCH3 is 1. The molecule has 0 bridgehead atoms. The summed E-state index contributed by atoms with van der Waals surface area (Å²) in [6.07, 6.45) is 0.969. The highest BCUT2D eigenvalue weighted by molar-refractivity contribution is 7.95. The summed E-state index contributed by atoms with van der Waals surface area (Å²) in [6.45, 7) is 2.81. The van der Waals surface area contributed by atoms with E-state index in [9.17, 15) is 21.6 Å². The van der Waals surface area contributed by atoms with Crippen LogP contribution in [0.1, 0.15) is 13.8 Å². The van der Waals surface area contributed by atoms with Gasteiger partial charge in [-0.1, -0.05) is 6.92 Å². The molecule has 0 aromatic heterocycles. The molecule has 8 heteroatoms. The summed E-state index contributed by atoms with van der Waals surface area (Å²) in [7, 11) is -5.79. The molecule has 2 unspecified atom stereocenters. The van der Waals surface area contributed by atoms with Crippen molar-refractivity contribution in [3.63, 3.8) is 0 Å². The maximum Gasteiger partial charge on any atom is 0.309 e. The van der Waals surface area contributed by atoms with Gasteiger partial charge in [-0.05, 0) is 6.92 Å². The Balaban J connectivity index is 4.78. The number of hydrogen-bond donors (Lipinski definition) is 0. The van der Waals surface area contributed by atoms with Crippen LogP contribution in [-0.4, -0.2) is 52.9 Å². The lowest BCUT2D eigenvalue weighted by molar-refractivity contribution is -0.144. The SMILES string of the molecule is COC(=O)C(C)C(C)S(=O)(=O)CCS(C)(=O)=O. The molecule has 0 fully saturated rings. The molecule has 0 heterocycles. The van der Waals surface area contributed by atoms with Crippen LogP contribution in [0.2, 0.25) is 0 Å². The zero-order chi connectivity index (χ0) is 13.9. The van der Waals surface area contributed by atoms with E-state index in [4.69, 9.17) is 0 Å². The fraction of sp³-hybridized carbons (Fsp3) is 0.889. The zero-order valence-corrected chi connectivity index (χ0v) is 12.0. The monoisotopic (exact) mass is 286 g/mol. The van der Waals surface area contributed by atoms with E-state index >= 15 is 0 Å². The minimum Gasteiger partial charge on any atom is -0.469 e. The Morgan fingerprint density at radius 1 is 1.12 bits per heavy atom. The first kappa shape index (κ1) is 16.4. The van der Waals surface area contributed by atoms with Crippen molar-refractivity contribution in [1.82, 2.24) is 0 Å². The van der Waals surface area contributed by atoms with Gasteiger partial charge in [-0.15, -0.1) is 0 Å². The molecule has 102 valence electrons. The highest BCUT2D eigenvalue weighted by Gasteiger charge is 2.32. The van der Waals surface area contributed by atoms with Gasteiger partial charge in [-0.2, -0.15) is 0 Å². The quantitative estimate of drug-likeness (QED) is 0.619. The largest absolute Gasteiger partial charge is 0.469 e. The first-order chi connectivity index (χ1) is 7.51. The van der Waals surface area contributed by atoms with Crippen molar-refractivity contribution in [1.29, 1.82) is 0 Å². The van der Waals surface area contributed by atoms with Gasteiger partial charge < -0.3 is 4.74 Å². The van der Waals surface area contributed by atoms with Crippen LogP contribution in [-0.2, 0) is 29.2 Å². The second-order valence-corrected chi connectivity index (χ2v) is 8.75. The van der Waals surface area contributed by atoms with E-state index in [-0.39, 0.29) is 0 Å². The number of ether oxygens (including phenoxy) is 1. The molecule has 6 nitrogen and oxygen atoms in total. The molecule has 0 aliphatic rings. The number of carbonyl (C=O) groups is 1. The van der Waals surface area contributed by atoms with Crippen molar-refractivity contribution >= 4 is 25.6 Å². The van der Waals surface area contributed by atoms with Crippen LogP contribution in [0, 0.1) is 5.92 Å². The predicted molar refractivity (Wildman–Crippen MR) is 64.1 cm³/mol. The van der Waals surface area contributed by atoms with Gasteiger partial charge in [0.25, 0.3) is 0 Å². The van der Waals surface area contributed by atoms with Gasteiger partial charge in [-0.3, -0.25) is 4.79 Å². The topological polar surface area (TPSA) is 94.6 Å². The van der Waals surface area contributed by atoms with Crippen molar-refractivity contribution < 1.29 is 26.4 Å². The van der Waals surface area contributed by atoms with Crippen LogP contribution >= 0.6 is 0 Å². The standard InChI is InChI=1S/C9H18O6S2/c1-7(9(10)15-3)8(2)17(13,14)6-5-16(4,11)12/h7-8H,5-6H2,1-4H3. The minimum absolute atomic E-state index is 0.437. The minimum atomic E-state index is -3.63. The fourth-order valence-electron chi connectivity index (χ4n) is 1.14. The third-order valence-corrected chi connectivity index (χ3v) is 6.10. The Morgan fingerprint density at radius 3 is 1.94 bits per heavy atom. The van der Waals surface area contributed by atoms with E-state index < -0.39 is 48.3 Å². The van der Waals surface area contributed by atoms with E-state index in [2.05, 4.69) is 4.74 Å². The summed E-state index contributed by atoms with van der Waals surface area (Å²) in [5.41, 5.74) is 0. The molecule has 0 saturated heterocycles. The van der Waals surface area contributed by atoms with Crippen molar-refractivity contribution in [2.45, 2.75) is 19.1 Å².